The molecule has 7 heteroatoms. The Morgan fingerprint density at radius 2 is 1.71 bits per heavy atom. The molecule has 0 atom stereocenters. The summed E-state index contributed by atoms with van der Waals surface area (Å²) in [6.45, 7) is 4.39. The van der Waals surface area contributed by atoms with Gasteiger partial charge in [0.2, 0.25) is 10.0 Å². The number of imidazole rings is 1. The van der Waals surface area contributed by atoms with Gasteiger partial charge in [0.1, 0.15) is 0 Å². The zero-order valence-electron chi connectivity index (χ0n) is 13.5. The predicted molar refractivity (Wildman–Crippen MR) is 93.7 cm³/mol. The van der Waals surface area contributed by atoms with E-state index in [9.17, 15) is 13.2 Å². The summed E-state index contributed by atoms with van der Waals surface area (Å²) in [5.41, 5.74) is 4.19. The SMILES string of the molecule is Cc1ccc(CCNS(=O)(=O)c2ccc3[nH]c(=O)[nH]c3c2)cc1C. The van der Waals surface area contributed by atoms with E-state index in [0.29, 0.717) is 24.0 Å². The molecule has 24 heavy (non-hydrogen) atoms. The molecule has 126 valence electrons. The molecule has 0 saturated heterocycles. The fraction of sp³-hybridized carbons (Fsp3) is 0.235. The second kappa shape index (κ2) is 6.26. The molecule has 1 aromatic heterocycles. The maximum atomic E-state index is 12.4. The summed E-state index contributed by atoms with van der Waals surface area (Å²) in [6, 6.07) is 10.6. The molecule has 0 aliphatic rings. The van der Waals surface area contributed by atoms with Crippen molar-refractivity contribution in [2.45, 2.75) is 25.2 Å². The van der Waals surface area contributed by atoms with Gasteiger partial charge in [0.25, 0.3) is 0 Å². The monoisotopic (exact) mass is 345 g/mol. The third-order valence-corrected chi connectivity index (χ3v) is 5.53. The number of fused-ring (bicyclic) bond motifs is 1. The minimum atomic E-state index is -3.62. The van der Waals surface area contributed by atoms with Gasteiger partial charge in [-0.15, -0.1) is 0 Å². The van der Waals surface area contributed by atoms with Crippen LogP contribution in [-0.4, -0.2) is 24.9 Å². The first-order valence-electron chi connectivity index (χ1n) is 7.63. The van der Waals surface area contributed by atoms with Crippen molar-refractivity contribution in [1.29, 1.82) is 0 Å². The van der Waals surface area contributed by atoms with Crippen LogP contribution in [0.2, 0.25) is 0 Å². The lowest BCUT2D eigenvalue weighted by atomic mass is 10.0. The fourth-order valence-corrected chi connectivity index (χ4v) is 3.61. The maximum Gasteiger partial charge on any atom is 0.323 e. The summed E-state index contributed by atoms with van der Waals surface area (Å²) in [5.74, 6) is 0. The summed E-state index contributed by atoms with van der Waals surface area (Å²) in [5, 5.41) is 0. The molecule has 6 nitrogen and oxygen atoms in total. The highest BCUT2D eigenvalue weighted by atomic mass is 32.2. The zero-order chi connectivity index (χ0) is 17.3. The lowest BCUT2D eigenvalue weighted by molar-refractivity contribution is 0.582. The Bertz CT molecular complexity index is 1050. The van der Waals surface area contributed by atoms with Gasteiger partial charge in [0, 0.05) is 6.54 Å². The zero-order valence-corrected chi connectivity index (χ0v) is 14.3. The molecule has 0 unspecified atom stereocenters. The van der Waals surface area contributed by atoms with Crippen molar-refractivity contribution in [2.75, 3.05) is 6.54 Å². The van der Waals surface area contributed by atoms with Crippen LogP contribution in [0, 0.1) is 13.8 Å². The van der Waals surface area contributed by atoms with Gasteiger partial charge in [-0.05, 0) is 55.2 Å². The van der Waals surface area contributed by atoms with Gasteiger partial charge in [0.05, 0.1) is 15.9 Å². The third-order valence-electron chi connectivity index (χ3n) is 4.07. The van der Waals surface area contributed by atoms with Gasteiger partial charge in [-0.2, -0.15) is 0 Å². The van der Waals surface area contributed by atoms with E-state index in [1.807, 2.05) is 26.0 Å². The number of aromatic nitrogens is 2. The number of aromatic amines is 2. The molecule has 0 amide bonds. The summed E-state index contributed by atoms with van der Waals surface area (Å²) in [4.78, 5) is 16.5. The molecule has 0 saturated carbocycles. The van der Waals surface area contributed by atoms with E-state index in [2.05, 4.69) is 20.8 Å². The second-order valence-corrected chi connectivity index (χ2v) is 7.62. The fourth-order valence-electron chi connectivity index (χ4n) is 2.55. The van der Waals surface area contributed by atoms with Crippen molar-refractivity contribution in [2.24, 2.45) is 0 Å². The van der Waals surface area contributed by atoms with Crippen LogP contribution >= 0.6 is 0 Å². The molecule has 2 aromatic carbocycles. The van der Waals surface area contributed by atoms with E-state index in [4.69, 9.17) is 0 Å². The molecular formula is C17H19N3O3S. The van der Waals surface area contributed by atoms with Crippen LogP contribution in [0.15, 0.2) is 46.1 Å². The van der Waals surface area contributed by atoms with Gasteiger partial charge >= 0.3 is 5.69 Å². The van der Waals surface area contributed by atoms with Gasteiger partial charge < -0.3 is 9.97 Å². The van der Waals surface area contributed by atoms with Crippen LogP contribution in [0.5, 0.6) is 0 Å². The Hall–Kier alpha value is -2.38. The van der Waals surface area contributed by atoms with E-state index in [-0.39, 0.29) is 10.6 Å². The second-order valence-electron chi connectivity index (χ2n) is 5.85. The quantitative estimate of drug-likeness (QED) is 0.660. The first-order chi connectivity index (χ1) is 11.3. The number of hydrogen-bond acceptors (Lipinski definition) is 3. The van der Waals surface area contributed by atoms with Crippen molar-refractivity contribution in [1.82, 2.24) is 14.7 Å². The minimum absolute atomic E-state index is 0.130. The molecule has 1 heterocycles. The number of sulfonamides is 1. The van der Waals surface area contributed by atoms with Crippen LogP contribution in [0.4, 0.5) is 0 Å². The molecular weight excluding hydrogens is 326 g/mol. The van der Waals surface area contributed by atoms with Crippen LogP contribution in [0.1, 0.15) is 16.7 Å². The van der Waals surface area contributed by atoms with E-state index in [1.165, 1.54) is 23.3 Å². The summed E-state index contributed by atoms with van der Waals surface area (Å²) in [7, 11) is -3.62. The Labute approximate surface area is 140 Å². The van der Waals surface area contributed by atoms with Crippen molar-refractivity contribution >= 4 is 21.1 Å². The smallest absolute Gasteiger partial charge is 0.306 e. The maximum absolute atomic E-state index is 12.4. The van der Waals surface area contributed by atoms with E-state index in [1.54, 1.807) is 6.07 Å². The lowest BCUT2D eigenvalue weighted by Gasteiger charge is -2.08. The lowest BCUT2D eigenvalue weighted by Crippen LogP contribution is -2.26. The van der Waals surface area contributed by atoms with Crippen molar-refractivity contribution in [3.05, 3.63) is 63.6 Å². The first-order valence-corrected chi connectivity index (χ1v) is 9.11. The van der Waals surface area contributed by atoms with Crippen LogP contribution in [0.25, 0.3) is 11.0 Å². The highest BCUT2D eigenvalue weighted by molar-refractivity contribution is 7.89. The molecule has 0 bridgehead atoms. The highest BCUT2D eigenvalue weighted by Gasteiger charge is 2.14. The van der Waals surface area contributed by atoms with Crippen molar-refractivity contribution in [3.8, 4) is 0 Å². The molecule has 0 aliphatic carbocycles. The average molecular weight is 345 g/mol. The predicted octanol–water partition coefficient (Wildman–Crippen LogP) is 1.99. The average Bonchev–Trinajstić information content (AvgIpc) is 2.89. The van der Waals surface area contributed by atoms with Gasteiger partial charge in [-0.25, -0.2) is 17.9 Å². The molecule has 3 N–H and O–H groups in total. The molecule has 0 spiro atoms. The van der Waals surface area contributed by atoms with Crippen LogP contribution in [-0.2, 0) is 16.4 Å². The summed E-state index contributed by atoms with van der Waals surface area (Å²) in [6.07, 6.45) is 0.615. The number of benzene rings is 2. The van der Waals surface area contributed by atoms with Crippen molar-refractivity contribution < 1.29 is 8.42 Å². The number of hydrogen-bond donors (Lipinski definition) is 3. The van der Waals surface area contributed by atoms with Crippen molar-refractivity contribution in [3.63, 3.8) is 0 Å². The topological polar surface area (TPSA) is 94.8 Å². The van der Waals surface area contributed by atoms with Crippen LogP contribution in [0.3, 0.4) is 0 Å². The van der Waals surface area contributed by atoms with Gasteiger partial charge in [-0.3, -0.25) is 0 Å². The van der Waals surface area contributed by atoms with E-state index < -0.39 is 10.0 Å². The highest BCUT2D eigenvalue weighted by Crippen LogP contribution is 2.15. The third kappa shape index (κ3) is 3.42. The number of nitrogens with one attached hydrogen (secondary N) is 3. The summed E-state index contributed by atoms with van der Waals surface area (Å²) >= 11 is 0. The minimum Gasteiger partial charge on any atom is -0.306 e. The Morgan fingerprint density at radius 3 is 2.46 bits per heavy atom. The molecule has 3 rings (SSSR count). The van der Waals surface area contributed by atoms with Gasteiger partial charge in [0.15, 0.2) is 0 Å². The first kappa shape index (κ1) is 16.5. The standard InChI is InChI=1S/C17H19N3O3S/c1-11-3-4-13(9-12(11)2)7-8-18-24(22,23)14-5-6-15-16(10-14)20-17(21)19-15/h3-6,9-10,18H,7-8H2,1-2H3,(H2,19,20,21). The largest absolute Gasteiger partial charge is 0.323 e. The molecule has 3 aromatic rings. The molecule has 0 aliphatic heterocycles. The van der Waals surface area contributed by atoms with Gasteiger partial charge in [-0.1, -0.05) is 18.2 Å². The van der Waals surface area contributed by atoms with E-state index >= 15 is 0 Å². The Kier molecular flexibility index (Phi) is 4.29. The molecule has 0 radical (unpaired) electrons. The number of aryl methyl sites for hydroxylation is 2. The normalized spacial score (nSPS) is 11.9. The number of H-pyrrole nitrogens is 2. The van der Waals surface area contributed by atoms with E-state index in [0.717, 1.165) is 5.56 Å². The van der Waals surface area contributed by atoms with Crippen LogP contribution < -0.4 is 10.4 Å². The Morgan fingerprint density at radius 1 is 0.958 bits per heavy atom. The summed E-state index contributed by atoms with van der Waals surface area (Å²) < 4.78 is 27.4. The Balaban J connectivity index is 1.72. The molecule has 0 fully saturated rings. The number of rotatable bonds is 5.